The van der Waals surface area contributed by atoms with Gasteiger partial charge in [0.1, 0.15) is 17.3 Å². The fourth-order valence-corrected chi connectivity index (χ4v) is 7.29. The second kappa shape index (κ2) is 12.5. The average Bonchev–Trinajstić information content (AvgIpc) is 3.46. The summed E-state index contributed by atoms with van der Waals surface area (Å²) in [4.78, 5) is 13.7. The number of fused-ring (bicyclic) bond motifs is 2. The summed E-state index contributed by atoms with van der Waals surface area (Å²) >= 11 is 0. The Morgan fingerprint density at radius 2 is 1.85 bits per heavy atom. The molecule has 6 aromatic rings. The Morgan fingerprint density at radius 3 is 2.72 bits per heavy atom. The summed E-state index contributed by atoms with van der Waals surface area (Å²) in [5, 5.41) is 12.3. The van der Waals surface area contributed by atoms with Crippen LogP contribution >= 0.6 is 0 Å². The molecule has 4 heterocycles. The van der Waals surface area contributed by atoms with Gasteiger partial charge in [-0.2, -0.15) is 0 Å². The van der Waals surface area contributed by atoms with Gasteiger partial charge in [-0.1, -0.05) is 29.4 Å². The number of rotatable bonds is 9. The molecule has 12 heteroatoms. The van der Waals surface area contributed by atoms with Crippen molar-refractivity contribution in [3.8, 4) is 22.9 Å². The van der Waals surface area contributed by atoms with E-state index in [4.69, 9.17) is 14.2 Å². The maximum atomic E-state index is 15.4. The second-order valence-corrected chi connectivity index (χ2v) is 13.5. The first-order valence-corrected chi connectivity index (χ1v) is 16.8. The molecule has 3 aromatic heterocycles. The number of nitrogens with zero attached hydrogens (tertiary/aromatic N) is 4. The quantitative estimate of drug-likeness (QED) is 0.185. The Kier molecular flexibility index (Phi) is 8.05. The van der Waals surface area contributed by atoms with Crippen molar-refractivity contribution in [2.45, 2.75) is 37.3 Å². The molecule has 0 spiro atoms. The van der Waals surface area contributed by atoms with E-state index in [-0.39, 0.29) is 23.1 Å². The standard InChI is InChI=1S/C34H31FN6O4S/c1-21-10-11-23-24(12-13-28(35)27(23)19-46(42,43)20-30-25-7-2-3-9-31(25)45-41-30)32(21)44-33-26(8-5-16-37-33)29-14-17-38-34(40-29)39-22-6-4-15-36-18-22/h2-3,5,7-14,16-17,22,36H,4,6,15,18-20H2,1H3,(H,38,39,40)/t22-/m0/s1. The number of halogens is 1. The first-order chi connectivity index (χ1) is 22.3. The maximum absolute atomic E-state index is 15.4. The van der Waals surface area contributed by atoms with Crippen molar-refractivity contribution < 1.29 is 22.1 Å². The number of para-hydroxylation sites is 1. The smallest absolute Gasteiger partial charge is 0.228 e. The number of aromatic nitrogens is 4. The zero-order valence-corrected chi connectivity index (χ0v) is 25.9. The van der Waals surface area contributed by atoms with Gasteiger partial charge in [-0.15, -0.1) is 0 Å². The number of pyridine rings is 1. The maximum Gasteiger partial charge on any atom is 0.228 e. The normalized spacial score (nSPS) is 15.3. The summed E-state index contributed by atoms with van der Waals surface area (Å²) in [7, 11) is -3.84. The Bertz CT molecular complexity index is 2170. The summed E-state index contributed by atoms with van der Waals surface area (Å²) in [5.74, 6) is -0.273. The summed E-state index contributed by atoms with van der Waals surface area (Å²) in [5.41, 5.74) is 2.88. The van der Waals surface area contributed by atoms with Crippen LogP contribution in [-0.2, 0) is 21.3 Å². The Balaban J connectivity index is 1.20. The van der Waals surface area contributed by atoms with Crippen LogP contribution in [0.1, 0.15) is 29.7 Å². The van der Waals surface area contributed by atoms with Crippen LogP contribution in [0.5, 0.6) is 11.6 Å². The van der Waals surface area contributed by atoms with Crippen LogP contribution in [0.15, 0.2) is 83.6 Å². The van der Waals surface area contributed by atoms with Gasteiger partial charge < -0.3 is 19.9 Å². The summed E-state index contributed by atoms with van der Waals surface area (Å²) in [6.07, 6.45) is 5.43. The van der Waals surface area contributed by atoms with Crippen molar-refractivity contribution in [1.29, 1.82) is 0 Å². The molecule has 0 radical (unpaired) electrons. The zero-order valence-electron chi connectivity index (χ0n) is 25.0. The van der Waals surface area contributed by atoms with E-state index in [0.717, 1.165) is 31.5 Å². The largest absolute Gasteiger partial charge is 0.437 e. The monoisotopic (exact) mass is 638 g/mol. The van der Waals surface area contributed by atoms with E-state index in [1.165, 1.54) is 6.07 Å². The van der Waals surface area contributed by atoms with Crippen LogP contribution in [0.4, 0.5) is 10.3 Å². The molecule has 0 aliphatic carbocycles. The van der Waals surface area contributed by atoms with Crippen LogP contribution in [0.3, 0.4) is 0 Å². The fourth-order valence-electron chi connectivity index (χ4n) is 5.83. The number of nitrogens with one attached hydrogen (secondary N) is 2. The van der Waals surface area contributed by atoms with E-state index < -0.39 is 21.4 Å². The molecule has 10 nitrogen and oxygen atoms in total. The number of aryl methyl sites for hydroxylation is 1. The van der Waals surface area contributed by atoms with Crippen LogP contribution in [0.2, 0.25) is 0 Å². The predicted molar refractivity (Wildman–Crippen MR) is 174 cm³/mol. The molecule has 1 aliphatic rings. The van der Waals surface area contributed by atoms with E-state index in [1.54, 1.807) is 67.0 Å². The van der Waals surface area contributed by atoms with Crippen LogP contribution in [0.25, 0.3) is 33.0 Å². The van der Waals surface area contributed by atoms with Crippen molar-refractivity contribution in [2.24, 2.45) is 0 Å². The molecule has 0 bridgehead atoms. The molecule has 1 fully saturated rings. The van der Waals surface area contributed by atoms with Gasteiger partial charge in [-0.05, 0) is 79.7 Å². The molecule has 0 saturated carbocycles. The van der Waals surface area contributed by atoms with Gasteiger partial charge in [0.05, 0.1) is 22.8 Å². The first kappa shape index (κ1) is 29.8. The lowest BCUT2D eigenvalue weighted by Crippen LogP contribution is -2.38. The zero-order chi connectivity index (χ0) is 31.7. The highest BCUT2D eigenvalue weighted by Crippen LogP contribution is 2.38. The summed E-state index contributed by atoms with van der Waals surface area (Å²) in [6.45, 7) is 3.72. The molecular weight excluding hydrogens is 607 g/mol. The minimum Gasteiger partial charge on any atom is -0.437 e. The second-order valence-electron chi connectivity index (χ2n) is 11.4. The van der Waals surface area contributed by atoms with E-state index in [0.29, 0.717) is 50.6 Å². The number of piperidine rings is 1. The van der Waals surface area contributed by atoms with Crippen LogP contribution < -0.4 is 15.4 Å². The van der Waals surface area contributed by atoms with E-state index in [2.05, 4.69) is 25.8 Å². The average molecular weight is 639 g/mol. The SMILES string of the molecule is Cc1ccc2c(CS(=O)(=O)Cc3noc4ccccc34)c(F)ccc2c1Oc1ncccc1-c1ccnc(N[C@H]2CCCNC2)n1. The summed E-state index contributed by atoms with van der Waals surface area (Å²) in [6, 6.07) is 19.1. The van der Waals surface area contributed by atoms with E-state index in [9.17, 15) is 8.42 Å². The molecule has 1 atom stereocenters. The third kappa shape index (κ3) is 6.13. The van der Waals surface area contributed by atoms with Gasteiger partial charge in [-0.3, -0.25) is 0 Å². The van der Waals surface area contributed by atoms with Crippen molar-refractivity contribution in [1.82, 2.24) is 25.4 Å². The van der Waals surface area contributed by atoms with E-state index >= 15 is 4.39 Å². The Morgan fingerprint density at radius 1 is 0.978 bits per heavy atom. The van der Waals surface area contributed by atoms with Crippen molar-refractivity contribution >= 4 is 37.5 Å². The predicted octanol–water partition coefficient (Wildman–Crippen LogP) is 6.35. The molecule has 7 rings (SSSR count). The van der Waals surface area contributed by atoms with E-state index in [1.807, 2.05) is 13.0 Å². The van der Waals surface area contributed by atoms with Crippen molar-refractivity contribution in [2.75, 3.05) is 18.4 Å². The highest BCUT2D eigenvalue weighted by atomic mass is 32.2. The number of benzene rings is 3. The number of ether oxygens (including phenoxy) is 1. The van der Waals surface area contributed by atoms with Gasteiger partial charge in [0, 0.05) is 41.3 Å². The third-order valence-electron chi connectivity index (χ3n) is 8.11. The third-order valence-corrected chi connectivity index (χ3v) is 9.55. The molecule has 0 unspecified atom stereocenters. The molecular formula is C34H31FN6O4S. The first-order valence-electron chi connectivity index (χ1n) is 15.0. The lowest BCUT2D eigenvalue weighted by atomic mass is 10.0. The molecule has 234 valence electrons. The molecule has 2 N–H and O–H groups in total. The number of anilines is 1. The summed E-state index contributed by atoms with van der Waals surface area (Å²) < 4.78 is 53.9. The number of hydrogen-bond acceptors (Lipinski definition) is 10. The number of hydrogen-bond donors (Lipinski definition) is 2. The van der Waals surface area contributed by atoms with Crippen molar-refractivity contribution in [3.63, 3.8) is 0 Å². The Hall–Kier alpha value is -4.94. The topological polar surface area (TPSA) is 132 Å². The van der Waals surface area contributed by atoms with Gasteiger partial charge in [0.15, 0.2) is 15.4 Å². The molecule has 1 saturated heterocycles. The van der Waals surface area contributed by atoms with Gasteiger partial charge in [-0.25, -0.2) is 27.8 Å². The minimum absolute atomic E-state index is 0.0557. The minimum atomic E-state index is -3.84. The Labute approximate surface area is 265 Å². The van der Waals surface area contributed by atoms with Gasteiger partial charge in [0.2, 0.25) is 11.8 Å². The highest BCUT2D eigenvalue weighted by molar-refractivity contribution is 7.89. The fraction of sp³-hybridized carbons (Fsp3) is 0.235. The lowest BCUT2D eigenvalue weighted by molar-refractivity contribution is 0.448. The van der Waals surface area contributed by atoms with Crippen LogP contribution in [0, 0.1) is 12.7 Å². The molecule has 3 aromatic carbocycles. The van der Waals surface area contributed by atoms with Gasteiger partial charge >= 0.3 is 0 Å². The van der Waals surface area contributed by atoms with Crippen LogP contribution in [-0.4, -0.2) is 47.7 Å². The highest BCUT2D eigenvalue weighted by Gasteiger charge is 2.23. The van der Waals surface area contributed by atoms with Gasteiger partial charge in [0.25, 0.3) is 0 Å². The number of sulfone groups is 1. The lowest BCUT2D eigenvalue weighted by Gasteiger charge is -2.23. The molecule has 1 aliphatic heterocycles. The molecule has 46 heavy (non-hydrogen) atoms. The molecule has 0 amide bonds. The van der Waals surface area contributed by atoms with Crippen molar-refractivity contribution in [3.05, 3.63) is 102 Å².